The summed E-state index contributed by atoms with van der Waals surface area (Å²) in [6.45, 7) is 4.98. The number of nitrogens with one attached hydrogen (secondary N) is 1. The summed E-state index contributed by atoms with van der Waals surface area (Å²) >= 11 is 1.67. The molecule has 6 aromatic rings. The number of nitrogens with zero attached hydrogens (tertiary/aromatic N) is 7. The first kappa shape index (κ1) is 20.6. The van der Waals surface area contributed by atoms with Crippen molar-refractivity contribution in [2.75, 3.05) is 0 Å². The molecule has 0 fully saturated rings. The molecule has 2 aromatic carbocycles. The number of tetrazole rings is 1. The average molecular weight is 467 g/mol. The highest BCUT2D eigenvalue weighted by atomic mass is 32.1. The number of H-pyrrole nitrogens is 1. The summed E-state index contributed by atoms with van der Waals surface area (Å²) in [5.41, 5.74) is 7.14. The quantitative estimate of drug-likeness (QED) is 0.362. The number of pyridine rings is 1. The second-order valence-electron chi connectivity index (χ2n) is 8.27. The maximum absolute atomic E-state index is 4.97. The van der Waals surface area contributed by atoms with Crippen LogP contribution in [0.15, 0.2) is 54.7 Å². The van der Waals surface area contributed by atoms with E-state index in [9.17, 15) is 0 Å². The van der Waals surface area contributed by atoms with Crippen molar-refractivity contribution in [3.8, 4) is 22.0 Å². The van der Waals surface area contributed by atoms with Crippen LogP contribution < -0.4 is 0 Å². The van der Waals surface area contributed by atoms with Crippen LogP contribution in [0.4, 0.5) is 0 Å². The minimum atomic E-state index is 0.564. The highest BCUT2D eigenvalue weighted by molar-refractivity contribution is 7.21. The number of imidazole rings is 1. The molecular weight excluding hydrogens is 444 g/mol. The molecule has 0 amide bonds. The number of aryl methyl sites for hydroxylation is 2. The fourth-order valence-electron chi connectivity index (χ4n) is 4.27. The third kappa shape index (κ3) is 3.54. The zero-order chi connectivity index (χ0) is 23.1. The van der Waals surface area contributed by atoms with Gasteiger partial charge in [0.2, 0.25) is 5.82 Å². The van der Waals surface area contributed by atoms with Gasteiger partial charge in [-0.05, 0) is 47.9 Å². The van der Waals surface area contributed by atoms with Crippen LogP contribution in [0.3, 0.4) is 0 Å². The highest BCUT2D eigenvalue weighted by Gasteiger charge is 2.16. The van der Waals surface area contributed by atoms with Gasteiger partial charge in [-0.1, -0.05) is 37.3 Å². The highest BCUT2D eigenvalue weighted by Crippen LogP contribution is 2.35. The molecule has 0 radical (unpaired) electrons. The Hall–Kier alpha value is -3.98. The molecule has 0 saturated carbocycles. The number of thiazole rings is 1. The van der Waals surface area contributed by atoms with Gasteiger partial charge >= 0.3 is 0 Å². The molecule has 9 heteroatoms. The number of aromatic amines is 1. The SMILES string of the molecule is CCCc1nc2c(C)ccnc2n1Cc1ccc2sc(-c3ccccc3-c3nn[nH]n3)nc2c1. The molecule has 34 heavy (non-hydrogen) atoms. The lowest BCUT2D eigenvalue weighted by Gasteiger charge is -2.08. The molecular formula is C25H22N8S. The third-order valence-corrected chi connectivity index (χ3v) is 6.99. The summed E-state index contributed by atoms with van der Waals surface area (Å²) in [5, 5.41) is 15.5. The van der Waals surface area contributed by atoms with Crippen molar-refractivity contribution in [2.45, 2.75) is 33.2 Å². The van der Waals surface area contributed by atoms with Gasteiger partial charge in [0.1, 0.15) is 16.3 Å². The minimum absolute atomic E-state index is 0.564. The topological polar surface area (TPSA) is 98.1 Å². The van der Waals surface area contributed by atoms with Gasteiger partial charge in [0.15, 0.2) is 5.65 Å². The molecule has 0 bridgehead atoms. The molecule has 0 unspecified atom stereocenters. The maximum atomic E-state index is 4.97. The lowest BCUT2D eigenvalue weighted by atomic mass is 10.1. The Morgan fingerprint density at radius 3 is 2.74 bits per heavy atom. The number of rotatable bonds is 6. The van der Waals surface area contributed by atoms with Gasteiger partial charge < -0.3 is 4.57 Å². The maximum Gasteiger partial charge on any atom is 0.205 e. The van der Waals surface area contributed by atoms with Crippen LogP contribution >= 0.6 is 11.3 Å². The van der Waals surface area contributed by atoms with Gasteiger partial charge in [-0.3, -0.25) is 0 Å². The van der Waals surface area contributed by atoms with Crippen LogP contribution in [0.25, 0.3) is 43.3 Å². The molecule has 6 rings (SSSR count). The molecule has 4 heterocycles. The van der Waals surface area contributed by atoms with Crippen molar-refractivity contribution < 1.29 is 0 Å². The monoisotopic (exact) mass is 466 g/mol. The molecule has 0 spiro atoms. The van der Waals surface area contributed by atoms with Crippen LogP contribution in [-0.4, -0.2) is 40.1 Å². The van der Waals surface area contributed by atoms with Gasteiger partial charge in [0.25, 0.3) is 0 Å². The van der Waals surface area contributed by atoms with E-state index in [1.807, 2.05) is 36.5 Å². The Bertz CT molecular complexity index is 1610. The molecule has 0 aliphatic rings. The summed E-state index contributed by atoms with van der Waals surface area (Å²) < 4.78 is 3.38. The molecule has 4 aromatic heterocycles. The van der Waals surface area contributed by atoms with E-state index in [0.29, 0.717) is 12.4 Å². The summed E-state index contributed by atoms with van der Waals surface area (Å²) in [6, 6.07) is 16.5. The van der Waals surface area contributed by atoms with E-state index in [-0.39, 0.29) is 0 Å². The molecule has 0 saturated heterocycles. The molecule has 1 N–H and O–H groups in total. The summed E-state index contributed by atoms with van der Waals surface area (Å²) in [7, 11) is 0. The Labute approximate surface area is 199 Å². The van der Waals surface area contributed by atoms with Crippen LogP contribution in [0.2, 0.25) is 0 Å². The van der Waals surface area contributed by atoms with E-state index in [1.165, 1.54) is 5.56 Å². The van der Waals surface area contributed by atoms with Crippen molar-refractivity contribution in [1.29, 1.82) is 0 Å². The van der Waals surface area contributed by atoms with E-state index >= 15 is 0 Å². The summed E-state index contributed by atoms with van der Waals surface area (Å²) in [6.07, 6.45) is 3.82. The lowest BCUT2D eigenvalue weighted by molar-refractivity contribution is 0.717. The van der Waals surface area contributed by atoms with Crippen LogP contribution in [-0.2, 0) is 13.0 Å². The second-order valence-corrected chi connectivity index (χ2v) is 9.30. The fraction of sp³-hybridized carbons (Fsp3) is 0.200. The largest absolute Gasteiger partial charge is 0.308 e. The van der Waals surface area contributed by atoms with Crippen molar-refractivity contribution in [3.05, 3.63) is 71.7 Å². The minimum Gasteiger partial charge on any atom is -0.308 e. The lowest BCUT2D eigenvalue weighted by Crippen LogP contribution is -2.06. The molecule has 0 atom stereocenters. The van der Waals surface area contributed by atoms with Gasteiger partial charge in [0, 0.05) is 23.7 Å². The fourth-order valence-corrected chi connectivity index (χ4v) is 5.26. The predicted molar refractivity (Wildman–Crippen MR) is 134 cm³/mol. The number of aromatic nitrogens is 8. The summed E-state index contributed by atoms with van der Waals surface area (Å²) in [5.74, 6) is 1.64. The Kier molecular flexibility index (Phi) is 5.10. The van der Waals surface area contributed by atoms with Gasteiger partial charge in [-0.25, -0.2) is 15.0 Å². The summed E-state index contributed by atoms with van der Waals surface area (Å²) in [4.78, 5) is 14.5. The molecule has 8 nitrogen and oxygen atoms in total. The standard InChI is InChI=1S/C25H22N8S/c1-3-6-21-28-22-15(2)11-12-26-24(22)33(21)14-16-9-10-20-19(13-16)27-25(34-20)18-8-5-4-7-17(18)23-29-31-32-30-23/h4-5,7-13H,3,6,14H2,1-2H3,(H,29,30,31,32). The van der Waals surface area contributed by atoms with E-state index in [2.05, 4.69) is 62.2 Å². The number of fused-ring (bicyclic) bond motifs is 2. The molecule has 0 aliphatic carbocycles. The molecule has 0 aliphatic heterocycles. The van der Waals surface area contributed by atoms with Crippen molar-refractivity contribution >= 4 is 32.7 Å². The van der Waals surface area contributed by atoms with Crippen LogP contribution in [0, 0.1) is 6.92 Å². The zero-order valence-electron chi connectivity index (χ0n) is 18.9. The van der Waals surface area contributed by atoms with E-state index < -0.39 is 0 Å². The number of hydrogen-bond donors (Lipinski definition) is 1. The number of benzene rings is 2. The van der Waals surface area contributed by atoms with Crippen molar-refractivity contribution in [2.24, 2.45) is 0 Å². The van der Waals surface area contributed by atoms with Gasteiger partial charge in [0.05, 0.1) is 16.8 Å². The van der Waals surface area contributed by atoms with E-state index in [0.717, 1.165) is 61.7 Å². The first-order valence-electron chi connectivity index (χ1n) is 11.2. The van der Waals surface area contributed by atoms with Crippen molar-refractivity contribution in [1.82, 2.24) is 40.1 Å². The zero-order valence-corrected chi connectivity index (χ0v) is 19.7. The van der Waals surface area contributed by atoms with Gasteiger partial charge in [-0.15, -0.1) is 21.5 Å². The normalized spacial score (nSPS) is 11.6. The Morgan fingerprint density at radius 2 is 1.91 bits per heavy atom. The molecule has 168 valence electrons. The average Bonchev–Trinajstić information content (AvgIpc) is 3.59. The van der Waals surface area contributed by atoms with Crippen molar-refractivity contribution in [3.63, 3.8) is 0 Å². The Morgan fingerprint density at radius 1 is 1.03 bits per heavy atom. The van der Waals surface area contributed by atoms with E-state index in [1.54, 1.807) is 11.3 Å². The third-order valence-electron chi connectivity index (χ3n) is 5.92. The van der Waals surface area contributed by atoms with E-state index in [4.69, 9.17) is 9.97 Å². The Balaban J connectivity index is 1.40. The predicted octanol–water partition coefficient (Wildman–Crippen LogP) is 5.20. The smallest absolute Gasteiger partial charge is 0.205 e. The number of hydrogen-bond acceptors (Lipinski definition) is 7. The van der Waals surface area contributed by atoms with Crippen LogP contribution in [0.5, 0.6) is 0 Å². The van der Waals surface area contributed by atoms with Gasteiger partial charge in [-0.2, -0.15) is 5.21 Å². The van der Waals surface area contributed by atoms with Crippen LogP contribution in [0.1, 0.15) is 30.3 Å². The first-order chi connectivity index (χ1) is 16.7. The first-order valence-corrected chi connectivity index (χ1v) is 12.1. The second kappa shape index (κ2) is 8.42.